The summed E-state index contributed by atoms with van der Waals surface area (Å²) in [5, 5.41) is 3.84. The minimum absolute atomic E-state index is 0. The van der Waals surface area contributed by atoms with Crippen molar-refractivity contribution in [2.75, 3.05) is 13.2 Å². The van der Waals surface area contributed by atoms with Gasteiger partial charge in [-0.15, -0.1) is 6.54 Å². The monoisotopic (exact) mass is 367 g/mol. The van der Waals surface area contributed by atoms with E-state index in [1.54, 1.807) is 0 Å². The maximum atomic E-state index is 6.63. The molecule has 0 fully saturated rings. The fourth-order valence-corrected chi connectivity index (χ4v) is 0.323. The Morgan fingerprint density at radius 2 is 1.60 bits per heavy atom. The number of hydrogen-bond acceptors (Lipinski definition) is 0. The van der Waals surface area contributed by atoms with Gasteiger partial charge >= 0.3 is 0 Å². The molecule has 0 rings (SSSR count). The first-order valence-electron chi connectivity index (χ1n) is 2.55. The third kappa shape index (κ3) is 22.5. The molecule has 0 saturated heterocycles. The molecule has 0 heterocycles. The van der Waals surface area contributed by atoms with E-state index in [1.807, 2.05) is 0 Å². The molecule has 3 radical (unpaired) electrons. The molecular weight excluding hydrogens is 355 g/mol. The molecule has 0 saturated carbocycles. The van der Waals surface area contributed by atoms with Gasteiger partial charge in [-0.1, -0.05) is 19.8 Å². The molecule has 0 atom stereocenters. The number of nitrogens with zero attached hydrogens (tertiary/aromatic N) is 1. The van der Waals surface area contributed by atoms with Crippen LogP contribution in [0.3, 0.4) is 0 Å². The van der Waals surface area contributed by atoms with Crippen molar-refractivity contribution in [2.45, 2.75) is 13.8 Å². The molecular formula is C5H12N2Y3-2. The first-order valence-corrected chi connectivity index (χ1v) is 2.55. The summed E-state index contributed by atoms with van der Waals surface area (Å²) in [6.07, 6.45) is 0. The van der Waals surface area contributed by atoms with E-state index in [2.05, 4.69) is 19.2 Å². The van der Waals surface area contributed by atoms with Crippen LogP contribution < -0.4 is 0 Å². The third-order valence-corrected chi connectivity index (χ3v) is 0.606. The molecule has 0 unspecified atom stereocenters. The molecule has 0 bridgehead atoms. The summed E-state index contributed by atoms with van der Waals surface area (Å²) in [7, 11) is 0. The van der Waals surface area contributed by atoms with E-state index in [4.69, 9.17) is 5.73 Å². The van der Waals surface area contributed by atoms with Crippen molar-refractivity contribution < 1.29 is 98.1 Å². The van der Waals surface area contributed by atoms with E-state index < -0.39 is 0 Å². The minimum atomic E-state index is 0. The topological polar surface area (TPSA) is 37.9 Å². The maximum Gasteiger partial charge on any atom is 0 e. The Labute approximate surface area is 139 Å². The second kappa shape index (κ2) is 18.1. The van der Waals surface area contributed by atoms with Crippen molar-refractivity contribution in [1.82, 2.24) is 0 Å². The molecule has 0 spiro atoms. The Balaban J connectivity index is -0.0000000600. The molecule has 2 nitrogen and oxygen atoms in total. The first kappa shape index (κ1) is 23.2. The molecule has 0 aliphatic heterocycles. The molecule has 0 amide bonds. The average molecular weight is 367 g/mol. The Morgan fingerprint density at radius 3 is 1.70 bits per heavy atom. The summed E-state index contributed by atoms with van der Waals surface area (Å²) >= 11 is 0. The third-order valence-electron chi connectivity index (χ3n) is 0.606. The summed E-state index contributed by atoms with van der Waals surface area (Å²) in [5.41, 5.74) is 6.63. The van der Waals surface area contributed by atoms with E-state index in [1.165, 1.54) is 0 Å². The number of hydrogen-bond donors (Lipinski definition) is 0. The van der Waals surface area contributed by atoms with Crippen LogP contribution in [0.25, 0.3) is 11.1 Å². The maximum absolute atomic E-state index is 6.63. The SMILES string of the molecule is CC(C)C[N-]C[NH-].[Y].[Y].[Y]. The van der Waals surface area contributed by atoms with Gasteiger partial charge in [-0.25, -0.2) is 0 Å². The van der Waals surface area contributed by atoms with Gasteiger partial charge in [-0.05, 0) is 0 Å². The molecule has 53 valence electrons. The predicted octanol–water partition coefficient (Wildman–Crippen LogP) is 2.02. The van der Waals surface area contributed by atoms with Crippen molar-refractivity contribution in [3.05, 3.63) is 11.1 Å². The zero-order valence-electron chi connectivity index (χ0n) is 6.67. The van der Waals surface area contributed by atoms with Crippen molar-refractivity contribution in [3.63, 3.8) is 0 Å². The molecule has 0 aliphatic rings. The molecule has 0 aromatic carbocycles. The van der Waals surface area contributed by atoms with Gasteiger partial charge in [-0.2, -0.15) is 0 Å². The zero-order valence-corrected chi connectivity index (χ0v) is 15.2. The molecule has 10 heavy (non-hydrogen) atoms. The van der Waals surface area contributed by atoms with Crippen LogP contribution in [0.4, 0.5) is 0 Å². The van der Waals surface area contributed by atoms with Gasteiger partial charge in [0.1, 0.15) is 0 Å². The van der Waals surface area contributed by atoms with Crippen LogP contribution in [0.5, 0.6) is 0 Å². The van der Waals surface area contributed by atoms with Gasteiger partial charge in [0.2, 0.25) is 0 Å². The van der Waals surface area contributed by atoms with Gasteiger partial charge < -0.3 is 11.1 Å². The number of nitrogens with one attached hydrogen (secondary N) is 1. The number of rotatable bonds is 3. The molecule has 0 aromatic rings. The Morgan fingerprint density at radius 1 is 1.20 bits per heavy atom. The second-order valence-corrected chi connectivity index (χ2v) is 1.96. The van der Waals surface area contributed by atoms with Crippen molar-refractivity contribution >= 4 is 0 Å². The summed E-state index contributed by atoms with van der Waals surface area (Å²) in [6.45, 7) is 5.25. The fraction of sp³-hybridized carbons (Fsp3) is 1.00. The molecule has 1 N–H and O–H groups in total. The van der Waals surface area contributed by atoms with Crippen LogP contribution in [0.15, 0.2) is 0 Å². The van der Waals surface area contributed by atoms with Gasteiger partial charge in [-0.3, -0.25) is 6.67 Å². The van der Waals surface area contributed by atoms with E-state index in [-0.39, 0.29) is 105 Å². The largest absolute Gasteiger partial charge is 0.696 e. The van der Waals surface area contributed by atoms with E-state index >= 15 is 0 Å². The smallest absolute Gasteiger partial charge is 0 e. The molecule has 5 heteroatoms. The predicted molar refractivity (Wildman–Crippen MR) is 32.3 cm³/mol. The van der Waals surface area contributed by atoms with Gasteiger partial charge in [0.15, 0.2) is 0 Å². The van der Waals surface area contributed by atoms with Crippen LogP contribution in [0, 0.1) is 5.92 Å². The Hall–Kier alpha value is 3.23. The van der Waals surface area contributed by atoms with Crippen molar-refractivity contribution in [2.24, 2.45) is 5.92 Å². The Kier molecular flexibility index (Phi) is 42.1. The molecule has 0 aromatic heterocycles. The van der Waals surface area contributed by atoms with Crippen LogP contribution in [-0.2, 0) is 98.1 Å². The van der Waals surface area contributed by atoms with Crippen LogP contribution in [0.2, 0.25) is 0 Å². The van der Waals surface area contributed by atoms with E-state index in [0.717, 1.165) is 6.54 Å². The van der Waals surface area contributed by atoms with Gasteiger partial charge in [0, 0.05) is 98.1 Å². The van der Waals surface area contributed by atoms with Crippen LogP contribution in [-0.4, -0.2) is 13.2 Å². The quantitative estimate of drug-likeness (QED) is 0.733. The zero-order chi connectivity index (χ0) is 5.70. The average Bonchev–Trinajstić information content (AvgIpc) is 1.61. The second-order valence-electron chi connectivity index (χ2n) is 1.96. The van der Waals surface area contributed by atoms with Crippen molar-refractivity contribution in [3.8, 4) is 0 Å². The van der Waals surface area contributed by atoms with Crippen LogP contribution in [0.1, 0.15) is 13.8 Å². The van der Waals surface area contributed by atoms with Gasteiger partial charge in [0.25, 0.3) is 0 Å². The van der Waals surface area contributed by atoms with E-state index in [9.17, 15) is 0 Å². The minimum Gasteiger partial charge on any atom is -0.696 e. The van der Waals surface area contributed by atoms with E-state index in [0.29, 0.717) is 5.92 Å². The standard InChI is InChI=1S/C5H12N2.3Y/c1-5(2)3-7-4-6;;;/h5-6H,3-4H2,1-2H3;;;/q-2;;;. The first-order chi connectivity index (χ1) is 3.27. The summed E-state index contributed by atoms with van der Waals surface area (Å²) < 4.78 is 0. The summed E-state index contributed by atoms with van der Waals surface area (Å²) in [6, 6.07) is 0. The molecule has 0 aliphatic carbocycles. The van der Waals surface area contributed by atoms with Crippen molar-refractivity contribution in [1.29, 1.82) is 0 Å². The summed E-state index contributed by atoms with van der Waals surface area (Å²) in [5.74, 6) is 0.616. The fourth-order valence-electron chi connectivity index (χ4n) is 0.323. The summed E-state index contributed by atoms with van der Waals surface area (Å²) in [4.78, 5) is 0. The normalized spacial score (nSPS) is 7.20. The Bertz CT molecular complexity index is 43.9. The van der Waals surface area contributed by atoms with Gasteiger partial charge in [0.05, 0.1) is 0 Å². The van der Waals surface area contributed by atoms with Crippen LogP contribution >= 0.6 is 0 Å².